The number of hydrogen-bond acceptors (Lipinski definition) is 3. The average molecular weight is 196 g/mol. The number of carbonyl (C=O) groups is 1. The van der Waals surface area contributed by atoms with Gasteiger partial charge in [0.05, 0.1) is 6.10 Å². The van der Waals surface area contributed by atoms with Crippen molar-refractivity contribution in [3.05, 3.63) is 12.2 Å². The lowest BCUT2D eigenvalue weighted by atomic mass is 9.98. The van der Waals surface area contributed by atoms with E-state index >= 15 is 0 Å². The van der Waals surface area contributed by atoms with Gasteiger partial charge in [0.25, 0.3) is 0 Å². The molecule has 3 heteroatoms. The standard InChI is InChI=1S/C11H16O3/c1-8-4-3-6-11(13-8)7-5-10(12)9(2)14-11/h5,7-9H,3-4,6H2,1-2H3/t8-,9-,11+/m0/s1. The maximum Gasteiger partial charge on any atom is 0.189 e. The predicted octanol–water partition coefficient (Wildman–Crippen LogP) is 1.82. The maximum atomic E-state index is 11.2. The van der Waals surface area contributed by atoms with Crippen LogP contribution in [0.3, 0.4) is 0 Å². The summed E-state index contributed by atoms with van der Waals surface area (Å²) in [6.45, 7) is 3.81. The Kier molecular flexibility index (Phi) is 2.45. The minimum Gasteiger partial charge on any atom is -0.343 e. The van der Waals surface area contributed by atoms with Crippen LogP contribution in [-0.2, 0) is 14.3 Å². The van der Waals surface area contributed by atoms with Crippen molar-refractivity contribution in [1.29, 1.82) is 0 Å². The first-order valence-corrected chi connectivity index (χ1v) is 5.20. The number of ether oxygens (including phenoxy) is 2. The molecule has 0 radical (unpaired) electrons. The van der Waals surface area contributed by atoms with Crippen molar-refractivity contribution in [2.24, 2.45) is 0 Å². The molecule has 2 aliphatic heterocycles. The summed E-state index contributed by atoms with van der Waals surface area (Å²) in [7, 11) is 0. The van der Waals surface area contributed by atoms with Crippen LogP contribution in [0.2, 0.25) is 0 Å². The summed E-state index contributed by atoms with van der Waals surface area (Å²) in [5, 5.41) is 0. The first-order chi connectivity index (χ1) is 6.61. The van der Waals surface area contributed by atoms with Crippen molar-refractivity contribution in [1.82, 2.24) is 0 Å². The Morgan fingerprint density at radius 1 is 1.43 bits per heavy atom. The zero-order valence-electron chi connectivity index (χ0n) is 8.66. The number of carbonyl (C=O) groups excluding carboxylic acids is 1. The zero-order chi connectivity index (χ0) is 10.2. The van der Waals surface area contributed by atoms with Crippen molar-refractivity contribution in [3.63, 3.8) is 0 Å². The van der Waals surface area contributed by atoms with E-state index in [1.165, 1.54) is 0 Å². The molecule has 0 amide bonds. The zero-order valence-corrected chi connectivity index (χ0v) is 8.66. The van der Waals surface area contributed by atoms with E-state index in [0.29, 0.717) is 0 Å². The highest BCUT2D eigenvalue weighted by atomic mass is 16.7. The highest BCUT2D eigenvalue weighted by Gasteiger charge is 2.39. The first kappa shape index (κ1) is 9.87. The Morgan fingerprint density at radius 2 is 2.21 bits per heavy atom. The molecule has 2 heterocycles. The minimum absolute atomic E-state index is 0.0254. The van der Waals surface area contributed by atoms with Crippen LogP contribution in [0, 0.1) is 0 Å². The van der Waals surface area contributed by atoms with Crippen LogP contribution in [0.1, 0.15) is 33.1 Å². The lowest BCUT2D eigenvalue weighted by molar-refractivity contribution is -0.262. The molecule has 0 bridgehead atoms. The highest BCUT2D eigenvalue weighted by Crippen LogP contribution is 2.34. The summed E-state index contributed by atoms with van der Waals surface area (Å²) in [5.74, 6) is -0.595. The van der Waals surface area contributed by atoms with Gasteiger partial charge in [0.15, 0.2) is 11.6 Å². The molecule has 0 aromatic rings. The second-order valence-electron chi connectivity index (χ2n) is 4.13. The number of ketones is 1. The van der Waals surface area contributed by atoms with E-state index in [0.717, 1.165) is 19.3 Å². The molecule has 0 aromatic heterocycles. The monoisotopic (exact) mass is 196 g/mol. The summed E-state index contributed by atoms with van der Waals surface area (Å²) in [6, 6.07) is 0. The Balaban J connectivity index is 2.16. The summed E-state index contributed by atoms with van der Waals surface area (Å²) in [4.78, 5) is 11.2. The largest absolute Gasteiger partial charge is 0.343 e. The van der Waals surface area contributed by atoms with Gasteiger partial charge in [-0.15, -0.1) is 0 Å². The van der Waals surface area contributed by atoms with Crippen LogP contribution in [0.5, 0.6) is 0 Å². The van der Waals surface area contributed by atoms with Gasteiger partial charge in [0.1, 0.15) is 6.10 Å². The van der Waals surface area contributed by atoms with E-state index in [1.54, 1.807) is 19.1 Å². The van der Waals surface area contributed by atoms with Crippen molar-refractivity contribution in [2.45, 2.75) is 51.1 Å². The van der Waals surface area contributed by atoms with Crippen molar-refractivity contribution in [3.8, 4) is 0 Å². The Labute approximate surface area is 84.1 Å². The maximum absolute atomic E-state index is 11.2. The second-order valence-corrected chi connectivity index (χ2v) is 4.13. The van der Waals surface area contributed by atoms with Crippen molar-refractivity contribution < 1.29 is 14.3 Å². The van der Waals surface area contributed by atoms with Gasteiger partial charge in [-0.3, -0.25) is 4.79 Å². The van der Waals surface area contributed by atoms with Crippen molar-refractivity contribution >= 4 is 5.78 Å². The first-order valence-electron chi connectivity index (χ1n) is 5.20. The second kappa shape index (κ2) is 3.48. The lowest BCUT2D eigenvalue weighted by Crippen LogP contribution is -2.46. The summed E-state index contributed by atoms with van der Waals surface area (Å²) in [5.41, 5.74) is 0. The van der Waals surface area contributed by atoms with Gasteiger partial charge in [-0.1, -0.05) is 0 Å². The Bertz CT molecular complexity index is 272. The quantitative estimate of drug-likeness (QED) is 0.592. The smallest absolute Gasteiger partial charge is 0.189 e. The number of hydrogen-bond donors (Lipinski definition) is 0. The highest BCUT2D eigenvalue weighted by molar-refractivity contribution is 5.94. The molecule has 2 rings (SSSR count). The summed E-state index contributed by atoms with van der Waals surface area (Å²) in [6.07, 6.45) is 6.22. The van der Waals surface area contributed by atoms with Crippen LogP contribution >= 0.6 is 0 Å². The molecule has 1 fully saturated rings. The fourth-order valence-electron chi connectivity index (χ4n) is 2.04. The topological polar surface area (TPSA) is 35.5 Å². The predicted molar refractivity (Wildman–Crippen MR) is 51.8 cm³/mol. The molecule has 0 aromatic carbocycles. The SMILES string of the molecule is C[C@@H]1O[C@@]2(C=CC1=O)CCC[C@H](C)O2. The average Bonchev–Trinajstić information content (AvgIpc) is 2.12. The molecule has 3 atom stereocenters. The van der Waals surface area contributed by atoms with E-state index < -0.39 is 5.79 Å². The van der Waals surface area contributed by atoms with Gasteiger partial charge in [-0.2, -0.15) is 0 Å². The molecule has 1 saturated heterocycles. The van der Waals surface area contributed by atoms with Crippen LogP contribution in [0.25, 0.3) is 0 Å². The van der Waals surface area contributed by atoms with Gasteiger partial charge >= 0.3 is 0 Å². The van der Waals surface area contributed by atoms with Gasteiger partial charge in [0.2, 0.25) is 0 Å². The lowest BCUT2D eigenvalue weighted by Gasteiger charge is -2.40. The van der Waals surface area contributed by atoms with E-state index in [1.807, 2.05) is 6.92 Å². The van der Waals surface area contributed by atoms with Crippen molar-refractivity contribution in [2.75, 3.05) is 0 Å². The van der Waals surface area contributed by atoms with Crippen LogP contribution in [0.4, 0.5) is 0 Å². The molecule has 3 nitrogen and oxygen atoms in total. The number of rotatable bonds is 0. The van der Waals surface area contributed by atoms with Crippen LogP contribution in [-0.4, -0.2) is 23.8 Å². The molecule has 0 N–H and O–H groups in total. The normalized spacial score (nSPS) is 43.1. The van der Waals surface area contributed by atoms with Crippen LogP contribution < -0.4 is 0 Å². The van der Waals surface area contributed by atoms with Gasteiger partial charge in [0, 0.05) is 6.42 Å². The van der Waals surface area contributed by atoms with Gasteiger partial charge in [-0.05, 0) is 38.8 Å². The third-order valence-electron chi connectivity index (χ3n) is 2.82. The Morgan fingerprint density at radius 3 is 2.86 bits per heavy atom. The molecule has 1 spiro atoms. The summed E-state index contributed by atoms with van der Waals surface area (Å²) < 4.78 is 11.4. The molecule has 0 unspecified atom stereocenters. The van der Waals surface area contributed by atoms with E-state index in [9.17, 15) is 4.79 Å². The minimum atomic E-state index is -0.620. The molecule has 2 aliphatic rings. The van der Waals surface area contributed by atoms with E-state index in [4.69, 9.17) is 9.47 Å². The molecule has 0 aliphatic carbocycles. The third-order valence-corrected chi connectivity index (χ3v) is 2.82. The van der Waals surface area contributed by atoms with Gasteiger partial charge in [-0.25, -0.2) is 0 Å². The van der Waals surface area contributed by atoms with E-state index in [2.05, 4.69) is 0 Å². The Hall–Kier alpha value is -0.670. The molecular formula is C11H16O3. The van der Waals surface area contributed by atoms with Gasteiger partial charge < -0.3 is 9.47 Å². The molecule has 0 saturated carbocycles. The molecular weight excluding hydrogens is 180 g/mol. The van der Waals surface area contributed by atoms with E-state index in [-0.39, 0.29) is 18.0 Å². The fraction of sp³-hybridized carbons (Fsp3) is 0.727. The molecule has 14 heavy (non-hydrogen) atoms. The van der Waals surface area contributed by atoms with Crippen LogP contribution in [0.15, 0.2) is 12.2 Å². The summed E-state index contributed by atoms with van der Waals surface area (Å²) >= 11 is 0. The molecule has 78 valence electrons. The fourth-order valence-corrected chi connectivity index (χ4v) is 2.04. The third kappa shape index (κ3) is 1.74.